The topological polar surface area (TPSA) is 69.4 Å². The highest BCUT2D eigenvalue weighted by molar-refractivity contribution is 5.94. The van der Waals surface area contributed by atoms with Gasteiger partial charge in [-0.05, 0) is 49.9 Å². The van der Waals surface area contributed by atoms with Crippen molar-refractivity contribution in [1.29, 1.82) is 0 Å². The lowest BCUT2D eigenvalue weighted by molar-refractivity contribution is 0.174. The van der Waals surface area contributed by atoms with Gasteiger partial charge >= 0.3 is 0 Å². The highest BCUT2D eigenvalue weighted by atomic mass is 16.7. The fourth-order valence-electron chi connectivity index (χ4n) is 2.41. The molecule has 3 N–H and O–H groups in total. The Morgan fingerprint density at radius 2 is 2.15 bits per heavy atom. The average molecular weight is 273 g/mol. The van der Waals surface area contributed by atoms with E-state index in [2.05, 4.69) is 17.2 Å². The molecule has 2 heterocycles. The molecule has 1 aliphatic rings. The van der Waals surface area contributed by atoms with Crippen molar-refractivity contribution >= 4 is 16.6 Å². The van der Waals surface area contributed by atoms with Crippen molar-refractivity contribution in [3.05, 3.63) is 24.4 Å². The minimum absolute atomic E-state index is 0.286. The Kier molecular flexibility index (Phi) is 3.60. The van der Waals surface area contributed by atoms with Gasteiger partial charge in [0.1, 0.15) is 5.82 Å². The minimum Gasteiger partial charge on any atom is -0.454 e. The summed E-state index contributed by atoms with van der Waals surface area (Å²) >= 11 is 0. The molecule has 0 radical (unpaired) electrons. The predicted octanol–water partition coefficient (Wildman–Crippen LogP) is 2.50. The van der Waals surface area contributed by atoms with Crippen LogP contribution in [0.3, 0.4) is 0 Å². The van der Waals surface area contributed by atoms with E-state index in [4.69, 9.17) is 15.2 Å². The second kappa shape index (κ2) is 5.54. The maximum atomic E-state index is 5.55. The van der Waals surface area contributed by atoms with Gasteiger partial charge in [-0.25, -0.2) is 4.98 Å². The highest BCUT2D eigenvalue weighted by Crippen LogP contribution is 2.37. The molecule has 0 amide bonds. The van der Waals surface area contributed by atoms with Gasteiger partial charge in [-0.1, -0.05) is 0 Å². The molecule has 5 heteroatoms. The molecule has 1 unspecified atom stereocenters. The van der Waals surface area contributed by atoms with E-state index in [9.17, 15) is 0 Å². The zero-order valence-corrected chi connectivity index (χ0v) is 11.6. The van der Waals surface area contributed by atoms with Gasteiger partial charge in [-0.3, -0.25) is 0 Å². The average Bonchev–Trinajstić information content (AvgIpc) is 2.90. The number of nitrogens with two attached hydrogens (primary N) is 1. The number of anilines is 1. The summed E-state index contributed by atoms with van der Waals surface area (Å²) in [5, 5.41) is 5.60. The molecule has 20 heavy (non-hydrogen) atoms. The van der Waals surface area contributed by atoms with E-state index in [1.165, 1.54) is 0 Å². The summed E-state index contributed by atoms with van der Waals surface area (Å²) in [4.78, 5) is 4.44. The van der Waals surface area contributed by atoms with Crippen LogP contribution in [0.1, 0.15) is 19.8 Å². The fraction of sp³-hybridized carbons (Fsp3) is 0.400. The minimum atomic E-state index is 0.286. The van der Waals surface area contributed by atoms with E-state index in [1.54, 1.807) is 0 Å². The van der Waals surface area contributed by atoms with Crippen LogP contribution in [0.25, 0.3) is 10.8 Å². The fourth-order valence-corrected chi connectivity index (χ4v) is 2.41. The second-order valence-corrected chi connectivity index (χ2v) is 5.06. The monoisotopic (exact) mass is 273 g/mol. The Hall–Kier alpha value is -2.01. The molecule has 0 spiro atoms. The van der Waals surface area contributed by atoms with Crippen LogP contribution in [0.2, 0.25) is 0 Å². The molecule has 0 bridgehead atoms. The van der Waals surface area contributed by atoms with Crippen molar-refractivity contribution in [1.82, 2.24) is 4.98 Å². The summed E-state index contributed by atoms with van der Waals surface area (Å²) in [6.45, 7) is 3.14. The molecule has 0 saturated heterocycles. The van der Waals surface area contributed by atoms with Crippen molar-refractivity contribution < 1.29 is 9.47 Å². The second-order valence-electron chi connectivity index (χ2n) is 5.06. The van der Waals surface area contributed by atoms with Crippen molar-refractivity contribution in [3.63, 3.8) is 0 Å². The van der Waals surface area contributed by atoms with Crippen LogP contribution in [0.4, 0.5) is 5.82 Å². The normalized spacial score (nSPS) is 14.5. The zero-order valence-electron chi connectivity index (χ0n) is 11.6. The van der Waals surface area contributed by atoms with E-state index < -0.39 is 0 Å². The molecular weight excluding hydrogens is 254 g/mol. The van der Waals surface area contributed by atoms with Crippen LogP contribution in [0, 0.1) is 0 Å². The van der Waals surface area contributed by atoms with Gasteiger partial charge in [0.2, 0.25) is 6.79 Å². The first kappa shape index (κ1) is 13.0. The Balaban J connectivity index is 1.91. The third kappa shape index (κ3) is 2.49. The lowest BCUT2D eigenvalue weighted by Crippen LogP contribution is -2.17. The Morgan fingerprint density at radius 1 is 1.35 bits per heavy atom. The molecule has 0 saturated carbocycles. The Bertz CT molecular complexity index is 615. The molecule has 1 atom stereocenters. The van der Waals surface area contributed by atoms with Crippen molar-refractivity contribution in [2.24, 2.45) is 5.73 Å². The van der Waals surface area contributed by atoms with E-state index in [0.717, 1.165) is 40.9 Å². The number of nitrogens with one attached hydrogen (secondary N) is 1. The number of fused-ring (bicyclic) bond motifs is 2. The number of benzene rings is 1. The van der Waals surface area contributed by atoms with E-state index >= 15 is 0 Å². The third-order valence-corrected chi connectivity index (χ3v) is 3.48. The number of rotatable bonds is 5. The van der Waals surface area contributed by atoms with Crippen LogP contribution >= 0.6 is 0 Å². The van der Waals surface area contributed by atoms with Gasteiger partial charge in [-0.2, -0.15) is 0 Å². The van der Waals surface area contributed by atoms with Crippen molar-refractivity contribution in [3.8, 4) is 11.5 Å². The van der Waals surface area contributed by atoms with Crippen LogP contribution in [0.15, 0.2) is 24.4 Å². The lowest BCUT2D eigenvalue weighted by atomic mass is 10.1. The molecule has 1 aromatic carbocycles. The largest absolute Gasteiger partial charge is 0.454 e. The van der Waals surface area contributed by atoms with Gasteiger partial charge in [0.05, 0.1) is 0 Å². The van der Waals surface area contributed by atoms with Crippen molar-refractivity contribution in [2.75, 3.05) is 18.7 Å². The van der Waals surface area contributed by atoms with E-state index in [0.29, 0.717) is 12.6 Å². The standard InChI is InChI=1S/C15H19N3O2/c1-10(3-2-5-16)18-15-12-8-14-13(19-9-20-14)7-11(12)4-6-17-15/h4,6-8,10H,2-3,5,9,16H2,1H3,(H,17,18). The molecule has 106 valence electrons. The summed E-state index contributed by atoms with van der Waals surface area (Å²) in [6.07, 6.45) is 3.84. The SMILES string of the molecule is CC(CCCN)Nc1nccc2cc3c(cc12)OCO3. The Labute approximate surface area is 118 Å². The molecule has 0 fully saturated rings. The maximum absolute atomic E-state index is 5.55. The zero-order chi connectivity index (χ0) is 13.9. The van der Waals surface area contributed by atoms with Crippen LogP contribution < -0.4 is 20.5 Å². The first-order valence-electron chi connectivity index (χ1n) is 6.93. The van der Waals surface area contributed by atoms with Crippen LogP contribution in [0.5, 0.6) is 11.5 Å². The van der Waals surface area contributed by atoms with Crippen LogP contribution in [-0.4, -0.2) is 24.4 Å². The molecule has 1 aromatic heterocycles. The highest BCUT2D eigenvalue weighted by Gasteiger charge is 2.16. The predicted molar refractivity (Wildman–Crippen MR) is 79.2 cm³/mol. The lowest BCUT2D eigenvalue weighted by Gasteiger charge is -2.15. The summed E-state index contributed by atoms with van der Waals surface area (Å²) in [7, 11) is 0. The maximum Gasteiger partial charge on any atom is 0.231 e. The summed E-state index contributed by atoms with van der Waals surface area (Å²) < 4.78 is 10.8. The molecule has 1 aliphatic heterocycles. The van der Waals surface area contributed by atoms with E-state index in [-0.39, 0.29) is 6.79 Å². The summed E-state index contributed by atoms with van der Waals surface area (Å²) in [5.41, 5.74) is 5.55. The number of aromatic nitrogens is 1. The number of pyridine rings is 1. The summed E-state index contributed by atoms with van der Waals surface area (Å²) in [5.74, 6) is 2.46. The quantitative estimate of drug-likeness (QED) is 0.876. The molecule has 2 aromatic rings. The number of ether oxygens (including phenoxy) is 2. The molecular formula is C15H19N3O2. The van der Waals surface area contributed by atoms with Gasteiger partial charge in [-0.15, -0.1) is 0 Å². The third-order valence-electron chi connectivity index (χ3n) is 3.48. The molecule has 5 nitrogen and oxygen atoms in total. The van der Waals surface area contributed by atoms with Crippen molar-refractivity contribution in [2.45, 2.75) is 25.8 Å². The van der Waals surface area contributed by atoms with E-state index in [1.807, 2.05) is 24.4 Å². The smallest absolute Gasteiger partial charge is 0.231 e. The van der Waals surface area contributed by atoms with Gasteiger partial charge in [0.25, 0.3) is 0 Å². The first-order valence-corrected chi connectivity index (χ1v) is 6.93. The summed E-state index contributed by atoms with van der Waals surface area (Å²) in [6, 6.07) is 6.30. The van der Waals surface area contributed by atoms with Gasteiger partial charge < -0.3 is 20.5 Å². The number of hydrogen-bond acceptors (Lipinski definition) is 5. The molecule has 0 aliphatic carbocycles. The Morgan fingerprint density at radius 3 is 2.95 bits per heavy atom. The van der Waals surface area contributed by atoms with Gasteiger partial charge in [0, 0.05) is 17.6 Å². The molecule has 3 rings (SSSR count). The first-order chi connectivity index (χ1) is 9.78. The number of nitrogens with zero attached hydrogens (tertiary/aromatic N) is 1. The van der Waals surface area contributed by atoms with Crippen LogP contribution in [-0.2, 0) is 0 Å². The number of hydrogen-bond donors (Lipinski definition) is 2. The van der Waals surface area contributed by atoms with Gasteiger partial charge in [0.15, 0.2) is 11.5 Å².